The second-order valence-corrected chi connectivity index (χ2v) is 5.10. The summed E-state index contributed by atoms with van der Waals surface area (Å²) in [5.41, 5.74) is 0. The van der Waals surface area contributed by atoms with Crippen molar-refractivity contribution in [1.82, 2.24) is 10.2 Å². The average molecular weight is 228 g/mol. The maximum atomic E-state index is 5.66. The molecule has 1 saturated heterocycles. The molecule has 1 heterocycles. The Morgan fingerprint density at radius 1 is 1.50 bits per heavy atom. The molecule has 2 atom stereocenters. The van der Waals surface area contributed by atoms with Crippen molar-refractivity contribution in [3.63, 3.8) is 0 Å². The molecule has 1 N–H and O–H groups in total. The summed E-state index contributed by atoms with van der Waals surface area (Å²) in [5, 5.41) is 3.49. The van der Waals surface area contributed by atoms with E-state index in [-0.39, 0.29) is 0 Å². The van der Waals surface area contributed by atoms with E-state index in [0.717, 1.165) is 32.2 Å². The molecule has 96 valence electrons. The Morgan fingerprint density at radius 2 is 2.31 bits per heavy atom. The summed E-state index contributed by atoms with van der Waals surface area (Å²) in [4.78, 5) is 2.55. The minimum Gasteiger partial charge on any atom is -0.377 e. The van der Waals surface area contributed by atoms with Crippen LogP contribution in [0.25, 0.3) is 0 Å². The lowest BCUT2D eigenvalue weighted by atomic mass is 10.1. The summed E-state index contributed by atoms with van der Waals surface area (Å²) in [6.07, 6.45) is 2.80. The highest BCUT2D eigenvalue weighted by Crippen LogP contribution is 2.07. The SMILES string of the molecule is CCCNCC(C)CN1CCCOC(C)C1. The van der Waals surface area contributed by atoms with Crippen LogP contribution in [0.2, 0.25) is 0 Å². The van der Waals surface area contributed by atoms with E-state index in [1.165, 1.54) is 25.9 Å². The predicted molar refractivity (Wildman–Crippen MR) is 68.8 cm³/mol. The van der Waals surface area contributed by atoms with Gasteiger partial charge in [-0.25, -0.2) is 0 Å². The van der Waals surface area contributed by atoms with Gasteiger partial charge < -0.3 is 15.0 Å². The van der Waals surface area contributed by atoms with E-state index in [1.807, 2.05) is 0 Å². The Morgan fingerprint density at radius 3 is 3.06 bits per heavy atom. The van der Waals surface area contributed by atoms with E-state index < -0.39 is 0 Å². The fourth-order valence-electron chi connectivity index (χ4n) is 2.28. The number of hydrogen-bond donors (Lipinski definition) is 1. The molecule has 0 aliphatic carbocycles. The van der Waals surface area contributed by atoms with Crippen LogP contribution in [0.4, 0.5) is 0 Å². The summed E-state index contributed by atoms with van der Waals surface area (Å²) in [6, 6.07) is 0. The number of hydrogen-bond acceptors (Lipinski definition) is 3. The van der Waals surface area contributed by atoms with Gasteiger partial charge in [0.15, 0.2) is 0 Å². The Kier molecular flexibility index (Phi) is 7.01. The Hall–Kier alpha value is -0.120. The van der Waals surface area contributed by atoms with Gasteiger partial charge in [0.1, 0.15) is 0 Å². The number of nitrogens with zero attached hydrogens (tertiary/aromatic N) is 1. The van der Waals surface area contributed by atoms with Crippen LogP contribution in [0.1, 0.15) is 33.6 Å². The van der Waals surface area contributed by atoms with Crippen LogP contribution in [0, 0.1) is 5.92 Å². The second-order valence-electron chi connectivity index (χ2n) is 5.10. The van der Waals surface area contributed by atoms with Gasteiger partial charge in [-0.2, -0.15) is 0 Å². The molecule has 0 radical (unpaired) electrons. The maximum Gasteiger partial charge on any atom is 0.0673 e. The van der Waals surface area contributed by atoms with Crippen LogP contribution in [-0.2, 0) is 4.74 Å². The van der Waals surface area contributed by atoms with Crippen molar-refractivity contribution in [2.24, 2.45) is 5.92 Å². The molecule has 3 heteroatoms. The summed E-state index contributed by atoms with van der Waals surface area (Å²) in [5.74, 6) is 0.733. The van der Waals surface area contributed by atoms with E-state index in [9.17, 15) is 0 Å². The van der Waals surface area contributed by atoms with E-state index >= 15 is 0 Å². The maximum absolute atomic E-state index is 5.66. The molecule has 0 aromatic rings. The van der Waals surface area contributed by atoms with E-state index in [2.05, 4.69) is 31.0 Å². The van der Waals surface area contributed by atoms with E-state index in [1.54, 1.807) is 0 Å². The summed E-state index contributed by atoms with van der Waals surface area (Å²) < 4.78 is 5.66. The van der Waals surface area contributed by atoms with Crippen molar-refractivity contribution in [2.45, 2.75) is 39.7 Å². The van der Waals surface area contributed by atoms with Crippen molar-refractivity contribution in [1.29, 1.82) is 0 Å². The van der Waals surface area contributed by atoms with Crippen LogP contribution >= 0.6 is 0 Å². The molecule has 0 spiro atoms. The minimum absolute atomic E-state index is 0.401. The normalized spacial score (nSPS) is 25.3. The van der Waals surface area contributed by atoms with Gasteiger partial charge in [-0.05, 0) is 38.8 Å². The molecule has 1 fully saturated rings. The molecule has 3 nitrogen and oxygen atoms in total. The van der Waals surface area contributed by atoms with Crippen molar-refractivity contribution in [2.75, 3.05) is 39.3 Å². The first-order valence-corrected chi connectivity index (χ1v) is 6.77. The van der Waals surface area contributed by atoms with Crippen LogP contribution in [0.5, 0.6) is 0 Å². The molecule has 16 heavy (non-hydrogen) atoms. The van der Waals surface area contributed by atoms with Crippen molar-refractivity contribution in [3.8, 4) is 0 Å². The van der Waals surface area contributed by atoms with Gasteiger partial charge in [0, 0.05) is 26.2 Å². The zero-order valence-corrected chi connectivity index (χ0v) is 11.2. The Bertz CT molecular complexity index is 175. The third kappa shape index (κ3) is 5.83. The Balaban J connectivity index is 2.18. The minimum atomic E-state index is 0.401. The summed E-state index contributed by atoms with van der Waals surface area (Å²) in [7, 11) is 0. The predicted octanol–water partition coefficient (Wildman–Crippen LogP) is 1.73. The Labute approximate surface area is 101 Å². The van der Waals surface area contributed by atoms with Crippen molar-refractivity contribution >= 4 is 0 Å². The van der Waals surface area contributed by atoms with Gasteiger partial charge >= 0.3 is 0 Å². The van der Waals surface area contributed by atoms with Gasteiger partial charge in [-0.3, -0.25) is 0 Å². The van der Waals surface area contributed by atoms with Gasteiger partial charge in [0.2, 0.25) is 0 Å². The second kappa shape index (κ2) is 8.04. The third-order valence-electron chi connectivity index (χ3n) is 3.03. The zero-order chi connectivity index (χ0) is 11.8. The summed E-state index contributed by atoms with van der Waals surface area (Å²) in [6.45, 7) is 13.4. The topological polar surface area (TPSA) is 24.5 Å². The largest absolute Gasteiger partial charge is 0.377 e. The lowest BCUT2D eigenvalue weighted by Crippen LogP contribution is -2.37. The van der Waals surface area contributed by atoms with Gasteiger partial charge in [-0.15, -0.1) is 0 Å². The van der Waals surface area contributed by atoms with Crippen molar-refractivity contribution < 1.29 is 4.74 Å². The lowest BCUT2D eigenvalue weighted by molar-refractivity contribution is 0.0659. The molecule has 0 saturated carbocycles. The number of rotatable bonds is 6. The third-order valence-corrected chi connectivity index (χ3v) is 3.03. The molecule has 1 aliphatic rings. The monoisotopic (exact) mass is 228 g/mol. The van der Waals surface area contributed by atoms with Gasteiger partial charge in [0.25, 0.3) is 0 Å². The molecule has 1 rings (SSSR count). The smallest absolute Gasteiger partial charge is 0.0673 e. The molecule has 0 bridgehead atoms. The molecule has 0 amide bonds. The highest BCUT2D eigenvalue weighted by Gasteiger charge is 2.16. The highest BCUT2D eigenvalue weighted by molar-refractivity contribution is 4.70. The molecule has 2 unspecified atom stereocenters. The lowest BCUT2D eigenvalue weighted by Gasteiger charge is -2.25. The zero-order valence-electron chi connectivity index (χ0n) is 11.2. The first-order chi connectivity index (χ1) is 7.72. The van der Waals surface area contributed by atoms with Crippen LogP contribution < -0.4 is 5.32 Å². The van der Waals surface area contributed by atoms with Crippen LogP contribution in [0.15, 0.2) is 0 Å². The van der Waals surface area contributed by atoms with Crippen molar-refractivity contribution in [3.05, 3.63) is 0 Å². The fourth-order valence-corrected chi connectivity index (χ4v) is 2.28. The van der Waals surface area contributed by atoms with E-state index in [0.29, 0.717) is 6.10 Å². The molecule has 0 aromatic heterocycles. The standard InChI is InChI=1S/C13H28N2O/c1-4-6-14-9-12(2)10-15-7-5-8-16-13(3)11-15/h12-14H,4-11H2,1-3H3. The molecule has 0 aromatic carbocycles. The number of nitrogens with one attached hydrogen (secondary N) is 1. The number of ether oxygens (including phenoxy) is 1. The molecular formula is C13H28N2O. The molecule has 1 aliphatic heterocycles. The first kappa shape index (κ1) is 13.9. The fraction of sp³-hybridized carbons (Fsp3) is 1.00. The van der Waals surface area contributed by atoms with Gasteiger partial charge in [-0.1, -0.05) is 13.8 Å². The van der Waals surface area contributed by atoms with Crippen LogP contribution in [-0.4, -0.2) is 50.3 Å². The molecular weight excluding hydrogens is 200 g/mol. The highest BCUT2D eigenvalue weighted by atomic mass is 16.5. The quantitative estimate of drug-likeness (QED) is 0.701. The first-order valence-electron chi connectivity index (χ1n) is 6.77. The van der Waals surface area contributed by atoms with Gasteiger partial charge in [0.05, 0.1) is 6.10 Å². The summed E-state index contributed by atoms with van der Waals surface area (Å²) >= 11 is 0. The average Bonchev–Trinajstić information content (AvgIpc) is 2.43. The van der Waals surface area contributed by atoms with Crippen LogP contribution in [0.3, 0.4) is 0 Å². The van der Waals surface area contributed by atoms with E-state index in [4.69, 9.17) is 4.74 Å².